The van der Waals surface area contributed by atoms with Crippen LogP contribution in [-0.4, -0.2) is 19.0 Å². The normalized spacial score (nSPS) is 14.9. The summed E-state index contributed by atoms with van der Waals surface area (Å²) in [5.41, 5.74) is 1.29. The molecule has 1 amide bonds. The number of carbonyl (C=O) groups is 1. The van der Waals surface area contributed by atoms with Crippen molar-refractivity contribution in [2.75, 3.05) is 13.1 Å². The van der Waals surface area contributed by atoms with Gasteiger partial charge in [0.2, 0.25) is 0 Å². The van der Waals surface area contributed by atoms with Crippen LogP contribution in [0.1, 0.15) is 27.0 Å². The standard InChI is InChI=1S/C10H14N2OS/c1-2-12-10(13)9-5-7-6-11-4-3-8(7)14-9/h5,11H,2-4,6H2,1H3,(H,12,13). The molecule has 0 aromatic carbocycles. The Kier molecular flexibility index (Phi) is 2.84. The Morgan fingerprint density at radius 1 is 1.71 bits per heavy atom. The molecule has 0 fully saturated rings. The number of carbonyl (C=O) groups excluding carboxylic acids is 1. The first-order valence-electron chi connectivity index (χ1n) is 4.91. The van der Waals surface area contributed by atoms with E-state index < -0.39 is 0 Å². The maximum Gasteiger partial charge on any atom is 0.261 e. The van der Waals surface area contributed by atoms with E-state index in [1.165, 1.54) is 10.4 Å². The minimum absolute atomic E-state index is 0.0619. The first-order chi connectivity index (χ1) is 6.81. The van der Waals surface area contributed by atoms with Crippen LogP contribution >= 0.6 is 11.3 Å². The zero-order chi connectivity index (χ0) is 9.97. The highest BCUT2D eigenvalue weighted by atomic mass is 32.1. The first kappa shape index (κ1) is 9.68. The van der Waals surface area contributed by atoms with Crippen LogP contribution < -0.4 is 10.6 Å². The molecule has 76 valence electrons. The molecule has 0 atom stereocenters. The Morgan fingerprint density at radius 2 is 2.57 bits per heavy atom. The predicted molar refractivity (Wildman–Crippen MR) is 57.7 cm³/mol. The highest BCUT2D eigenvalue weighted by molar-refractivity contribution is 7.14. The van der Waals surface area contributed by atoms with Gasteiger partial charge in [-0.25, -0.2) is 0 Å². The van der Waals surface area contributed by atoms with Crippen LogP contribution in [0, 0.1) is 0 Å². The predicted octanol–water partition coefficient (Wildman–Crippen LogP) is 1.14. The second-order valence-corrected chi connectivity index (χ2v) is 4.48. The number of hydrogen-bond donors (Lipinski definition) is 2. The molecule has 1 aliphatic heterocycles. The van der Waals surface area contributed by atoms with Crippen molar-refractivity contribution in [2.45, 2.75) is 19.9 Å². The molecule has 0 unspecified atom stereocenters. The zero-order valence-corrected chi connectivity index (χ0v) is 9.04. The van der Waals surface area contributed by atoms with Crippen molar-refractivity contribution in [3.05, 3.63) is 21.4 Å². The van der Waals surface area contributed by atoms with Crippen molar-refractivity contribution in [1.82, 2.24) is 10.6 Å². The molecule has 0 spiro atoms. The molecule has 0 aliphatic carbocycles. The van der Waals surface area contributed by atoms with E-state index >= 15 is 0 Å². The lowest BCUT2D eigenvalue weighted by Crippen LogP contribution is -2.22. The van der Waals surface area contributed by atoms with Gasteiger partial charge in [-0.15, -0.1) is 11.3 Å². The van der Waals surface area contributed by atoms with Crippen LogP contribution in [-0.2, 0) is 13.0 Å². The Hall–Kier alpha value is -0.870. The number of hydrogen-bond acceptors (Lipinski definition) is 3. The molecular weight excluding hydrogens is 196 g/mol. The fourth-order valence-electron chi connectivity index (χ4n) is 1.61. The van der Waals surface area contributed by atoms with Gasteiger partial charge in [0.05, 0.1) is 4.88 Å². The molecule has 0 radical (unpaired) electrons. The minimum Gasteiger partial charge on any atom is -0.352 e. The van der Waals surface area contributed by atoms with Crippen molar-refractivity contribution in [1.29, 1.82) is 0 Å². The van der Waals surface area contributed by atoms with Gasteiger partial charge in [0.15, 0.2) is 0 Å². The van der Waals surface area contributed by atoms with Crippen LogP contribution in [0.2, 0.25) is 0 Å². The van der Waals surface area contributed by atoms with Gasteiger partial charge in [-0.1, -0.05) is 0 Å². The molecule has 2 rings (SSSR count). The van der Waals surface area contributed by atoms with E-state index in [1.54, 1.807) is 11.3 Å². The lowest BCUT2D eigenvalue weighted by molar-refractivity contribution is 0.0960. The first-order valence-corrected chi connectivity index (χ1v) is 5.73. The van der Waals surface area contributed by atoms with Crippen molar-refractivity contribution in [3.63, 3.8) is 0 Å². The summed E-state index contributed by atoms with van der Waals surface area (Å²) in [7, 11) is 0. The van der Waals surface area contributed by atoms with E-state index in [4.69, 9.17) is 0 Å². The summed E-state index contributed by atoms with van der Waals surface area (Å²) in [6.45, 7) is 4.57. The minimum atomic E-state index is 0.0619. The van der Waals surface area contributed by atoms with Crippen molar-refractivity contribution < 1.29 is 4.79 Å². The molecular formula is C10H14N2OS. The summed E-state index contributed by atoms with van der Waals surface area (Å²) in [6.07, 6.45) is 1.05. The molecule has 1 aromatic rings. The molecule has 1 aromatic heterocycles. The van der Waals surface area contributed by atoms with Crippen molar-refractivity contribution >= 4 is 17.2 Å². The fourth-order valence-corrected chi connectivity index (χ4v) is 2.71. The summed E-state index contributed by atoms with van der Waals surface area (Å²) in [5.74, 6) is 0.0619. The molecule has 3 nitrogen and oxygen atoms in total. The summed E-state index contributed by atoms with van der Waals surface area (Å²) >= 11 is 1.63. The number of thiophene rings is 1. The van der Waals surface area contributed by atoms with Crippen molar-refractivity contribution in [2.24, 2.45) is 0 Å². The van der Waals surface area contributed by atoms with Gasteiger partial charge in [0.1, 0.15) is 0 Å². The second-order valence-electron chi connectivity index (χ2n) is 3.35. The summed E-state index contributed by atoms with van der Waals surface area (Å²) in [5, 5.41) is 6.12. The van der Waals surface area contributed by atoms with E-state index in [0.29, 0.717) is 6.54 Å². The van der Waals surface area contributed by atoms with E-state index in [9.17, 15) is 4.79 Å². The van der Waals surface area contributed by atoms with Gasteiger partial charge in [-0.05, 0) is 25.0 Å². The third-order valence-corrected chi connectivity index (χ3v) is 3.54. The van der Waals surface area contributed by atoms with Gasteiger partial charge in [-0.3, -0.25) is 4.79 Å². The smallest absolute Gasteiger partial charge is 0.261 e. The Bertz CT molecular complexity index is 322. The van der Waals surface area contributed by atoms with Gasteiger partial charge in [-0.2, -0.15) is 0 Å². The van der Waals surface area contributed by atoms with Crippen LogP contribution in [0.15, 0.2) is 6.07 Å². The topological polar surface area (TPSA) is 41.1 Å². The van der Waals surface area contributed by atoms with Crippen molar-refractivity contribution in [3.8, 4) is 0 Å². The summed E-state index contributed by atoms with van der Waals surface area (Å²) in [4.78, 5) is 13.8. The SMILES string of the molecule is CCNC(=O)c1cc2c(s1)CCNC2. The zero-order valence-electron chi connectivity index (χ0n) is 8.22. The lowest BCUT2D eigenvalue weighted by Gasteiger charge is -2.10. The Labute approximate surface area is 87.5 Å². The van der Waals surface area contributed by atoms with Gasteiger partial charge < -0.3 is 10.6 Å². The molecule has 0 saturated heterocycles. The Morgan fingerprint density at radius 3 is 3.29 bits per heavy atom. The van der Waals surface area contributed by atoms with E-state index in [0.717, 1.165) is 24.4 Å². The molecule has 14 heavy (non-hydrogen) atoms. The fraction of sp³-hybridized carbons (Fsp3) is 0.500. The van der Waals surface area contributed by atoms with Crippen LogP contribution in [0.25, 0.3) is 0 Å². The maximum absolute atomic E-state index is 11.5. The maximum atomic E-state index is 11.5. The van der Waals surface area contributed by atoms with Crippen LogP contribution in [0.3, 0.4) is 0 Å². The largest absolute Gasteiger partial charge is 0.352 e. The number of fused-ring (bicyclic) bond motifs is 1. The second kappa shape index (κ2) is 4.11. The molecule has 1 aliphatic rings. The van der Waals surface area contributed by atoms with E-state index in [2.05, 4.69) is 10.6 Å². The number of rotatable bonds is 2. The van der Waals surface area contributed by atoms with Crippen LogP contribution in [0.5, 0.6) is 0 Å². The average molecular weight is 210 g/mol. The third-order valence-electron chi connectivity index (χ3n) is 2.30. The molecule has 0 bridgehead atoms. The molecule has 2 heterocycles. The monoisotopic (exact) mass is 210 g/mol. The highest BCUT2D eigenvalue weighted by Crippen LogP contribution is 2.24. The van der Waals surface area contributed by atoms with Gasteiger partial charge >= 0.3 is 0 Å². The highest BCUT2D eigenvalue weighted by Gasteiger charge is 2.16. The number of nitrogens with one attached hydrogen (secondary N) is 2. The third kappa shape index (κ3) is 1.81. The van der Waals surface area contributed by atoms with Crippen LogP contribution in [0.4, 0.5) is 0 Å². The molecule has 2 N–H and O–H groups in total. The quantitative estimate of drug-likeness (QED) is 0.768. The lowest BCUT2D eigenvalue weighted by atomic mass is 10.1. The van der Waals surface area contributed by atoms with E-state index in [-0.39, 0.29) is 5.91 Å². The van der Waals surface area contributed by atoms with Gasteiger partial charge in [0, 0.05) is 24.5 Å². The molecule has 4 heteroatoms. The Balaban J connectivity index is 2.19. The summed E-state index contributed by atoms with van der Waals surface area (Å²) in [6, 6.07) is 2.01. The average Bonchev–Trinajstić information content (AvgIpc) is 2.61. The summed E-state index contributed by atoms with van der Waals surface area (Å²) < 4.78 is 0. The molecule has 0 saturated carbocycles. The van der Waals surface area contributed by atoms with E-state index in [1.807, 2.05) is 13.0 Å². The van der Waals surface area contributed by atoms with Gasteiger partial charge in [0.25, 0.3) is 5.91 Å². The number of amides is 1.